The number of alkyl halides is 3. The van der Waals surface area contributed by atoms with Gasteiger partial charge in [0.05, 0.1) is 17.9 Å². The van der Waals surface area contributed by atoms with Crippen molar-refractivity contribution < 1.29 is 18.0 Å². The fraction of sp³-hybridized carbons (Fsp3) is 0.429. The van der Waals surface area contributed by atoms with Crippen molar-refractivity contribution >= 4 is 23.2 Å². The van der Waals surface area contributed by atoms with E-state index in [1.807, 2.05) is 0 Å². The predicted octanol–water partition coefficient (Wildman–Crippen LogP) is 0.887. The maximum Gasteiger partial charge on any atom is 0.471 e. The summed E-state index contributed by atoms with van der Waals surface area (Å²) in [6.07, 6.45) is -4.87. The Morgan fingerprint density at radius 2 is 2.08 bits per heavy atom. The first-order valence-corrected chi connectivity index (χ1v) is 7.45. The molecule has 0 bridgehead atoms. The maximum absolute atomic E-state index is 12.0. The smallest absolute Gasteiger partial charge is 0.471 e. The van der Waals surface area contributed by atoms with Gasteiger partial charge in [0.25, 0.3) is 0 Å². The maximum atomic E-state index is 12.0. The molecule has 138 valence electrons. The van der Waals surface area contributed by atoms with Crippen LogP contribution in [-0.4, -0.2) is 56.2 Å². The van der Waals surface area contributed by atoms with E-state index in [2.05, 4.69) is 15.7 Å². The van der Waals surface area contributed by atoms with Crippen LogP contribution in [0.5, 0.6) is 0 Å². The Morgan fingerprint density at radius 3 is 2.80 bits per heavy atom. The summed E-state index contributed by atoms with van der Waals surface area (Å²) in [5.74, 6) is -1.67. The van der Waals surface area contributed by atoms with Gasteiger partial charge in [-0.15, -0.1) is 0 Å². The summed E-state index contributed by atoms with van der Waals surface area (Å²) in [7, 11) is 1.69. The monoisotopic (exact) mass is 359 g/mol. The Kier molecular flexibility index (Phi) is 6.04. The molecule has 0 saturated heterocycles. The van der Waals surface area contributed by atoms with Crippen LogP contribution < -0.4 is 21.2 Å². The molecule has 1 aliphatic heterocycles. The molecule has 1 aromatic carbocycles. The van der Waals surface area contributed by atoms with Gasteiger partial charge in [-0.05, 0) is 19.2 Å². The highest BCUT2D eigenvalue weighted by molar-refractivity contribution is 6.00. The lowest BCUT2D eigenvalue weighted by Gasteiger charge is -2.38. The summed E-state index contributed by atoms with van der Waals surface area (Å²) in [5.41, 5.74) is 3.60. The number of anilines is 2. The Hall–Kier alpha value is -2.53. The number of nitrogens with zero attached hydrogens (tertiary/aromatic N) is 3. The van der Waals surface area contributed by atoms with E-state index in [1.165, 1.54) is 0 Å². The van der Waals surface area contributed by atoms with Gasteiger partial charge in [0.2, 0.25) is 5.96 Å². The minimum atomic E-state index is -4.87. The van der Waals surface area contributed by atoms with Crippen LogP contribution >= 0.6 is 0 Å². The number of nitrogens with one attached hydrogen (secondary N) is 3. The van der Waals surface area contributed by atoms with Crippen molar-refractivity contribution in [3.05, 3.63) is 29.5 Å². The zero-order valence-corrected chi connectivity index (χ0v) is 13.4. The van der Waals surface area contributed by atoms with Crippen LogP contribution in [0.2, 0.25) is 0 Å². The molecule has 0 fully saturated rings. The van der Waals surface area contributed by atoms with Crippen LogP contribution in [-0.2, 0) is 4.79 Å². The predicted molar refractivity (Wildman–Crippen MR) is 87.9 cm³/mol. The minimum Gasteiger partial charge on any atom is -0.739 e. The normalized spacial score (nSPS) is 15.6. The number of carbonyl (C=O) groups is 1. The van der Waals surface area contributed by atoms with Crippen LogP contribution in [0.3, 0.4) is 0 Å². The van der Waals surface area contributed by atoms with Crippen LogP contribution in [0.15, 0.2) is 29.3 Å². The Labute approximate surface area is 142 Å². The van der Waals surface area contributed by atoms with Crippen LogP contribution in [0.25, 0.3) is 0 Å². The van der Waals surface area contributed by atoms with Crippen LogP contribution in [0.1, 0.15) is 0 Å². The molecule has 0 spiro atoms. The van der Waals surface area contributed by atoms with Crippen molar-refractivity contribution in [1.82, 2.24) is 15.6 Å². The number of hydrazine groups is 1. The van der Waals surface area contributed by atoms with Crippen molar-refractivity contribution in [2.45, 2.75) is 6.18 Å². The lowest BCUT2D eigenvalue weighted by Crippen LogP contribution is -2.46. The van der Waals surface area contributed by atoms with E-state index in [0.29, 0.717) is 29.6 Å². The van der Waals surface area contributed by atoms with Gasteiger partial charge in [-0.2, -0.15) is 13.2 Å². The number of amides is 1. The van der Waals surface area contributed by atoms with Crippen molar-refractivity contribution in [3.63, 3.8) is 0 Å². The average molecular weight is 359 g/mol. The average Bonchev–Trinajstić information content (AvgIpc) is 2.54. The van der Waals surface area contributed by atoms with E-state index in [9.17, 15) is 23.2 Å². The summed E-state index contributed by atoms with van der Waals surface area (Å²) >= 11 is 0. The van der Waals surface area contributed by atoms with Crippen LogP contribution in [0, 0.1) is 5.21 Å². The Balaban J connectivity index is 1.73. The molecule has 1 amide bonds. The zero-order valence-electron chi connectivity index (χ0n) is 13.4. The van der Waals surface area contributed by atoms with E-state index in [1.54, 1.807) is 41.5 Å². The third kappa shape index (κ3) is 5.50. The molecule has 0 radical (unpaired) electrons. The number of guanidine groups is 1. The summed E-state index contributed by atoms with van der Waals surface area (Å²) in [6.45, 7) is 0.873. The summed E-state index contributed by atoms with van der Waals surface area (Å²) in [4.78, 5) is 16.6. The molecule has 1 aliphatic rings. The van der Waals surface area contributed by atoms with Gasteiger partial charge in [0, 0.05) is 19.6 Å². The quantitative estimate of drug-likeness (QED) is 0.698. The first-order valence-electron chi connectivity index (χ1n) is 7.45. The van der Waals surface area contributed by atoms with Gasteiger partial charge in [-0.25, -0.2) is 0 Å². The molecule has 25 heavy (non-hydrogen) atoms. The number of fused-ring (bicyclic) bond motifs is 1. The second-order valence-electron chi connectivity index (χ2n) is 5.34. The first kappa shape index (κ1) is 18.8. The number of benzene rings is 1. The minimum absolute atomic E-state index is 0.121. The standard InChI is InChI=1S/C14H18F3N6O2/c1-22(8-6-18-12(24)14(15,16)17)9-7-19-13-20-10-4-2-3-5-11(10)23(25)21-13/h2-5H,6-9H2,1H3,(H,18,24)(H2,19,20,21)/q-1. The molecule has 8 nitrogen and oxygen atoms in total. The molecule has 11 heteroatoms. The number of likely N-dealkylation sites (N-methyl/N-ethyl adjacent to an activating group) is 1. The highest BCUT2D eigenvalue weighted by atomic mass is 19.4. The fourth-order valence-electron chi connectivity index (χ4n) is 2.05. The van der Waals surface area contributed by atoms with Gasteiger partial charge >= 0.3 is 12.1 Å². The van der Waals surface area contributed by atoms with Crippen molar-refractivity contribution in [1.29, 1.82) is 0 Å². The SMILES string of the molecule is CN(CCN=C1Nc2ccccc2N([O-])N1)CCNC(=O)C(F)(F)F. The van der Waals surface area contributed by atoms with E-state index in [-0.39, 0.29) is 19.0 Å². The van der Waals surface area contributed by atoms with Crippen molar-refractivity contribution in [2.24, 2.45) is 4.99 Å². The fourth-order valence-corrected chi connectivity index (χ4v) is 2.05. The first-order chi connectivity index (χ1) is 11.8. The second-order valence-corrected chi connectivity index (χ2v) is 5.34. The van der Waals surface area contributed by atoms with Gasteiger partial charge in [0.1, 0.15) is 0 Å². The third-order valence-electron chi connectivity index (χ3n) is 3.37. The Bertz CT molecular complexity index is 637. The number of halogens is 3. The van der Waals surface area contributed by atoms with E-state index >= 15 is 0 Å². The van der Waals surface area contributed by atoms with Gasteiger partial charge in [-0.3, -0.25) is 15.2 Å². The molecule has 1 aromatic rings. The van der Waals surface area contributed by atoms with E-state index < -0.39 is 12.1 Å². The lowest BCUT2D eigenvalue weighted by molar-refractivity contribution is -0.173. The van der Waals surface area contributed by atoms with Crippen molar-refractivity contribution in [3.8, 4) is 0 Å². The van der Waals surface area contributed by atoms with Crippen molar-refractivity contribution in [2.75, 3.05) is 43.7 Å². The number of hydrogen-bond donors (Lipinski definition) is 3. The van der Waals surface area contributed by atoms with E-state index in [0.717, 1.165) is 0 Å². The topological polar surface area (TPSA) is 95.1 Å². The number of para-hydroxylation sites is 2. The Morgan fingerprint density at radius 1 is 1.36 bits per heavy atom. The molecule has 3 N–H and O–H groups in total. The molecular weight excluding hydrogens is 341 g/mol. The highest BCUT2D eigenvalue weighted by Gasteiger charge is 2.38. The van der Waals surface area contributed by atoms with Crippen LogP contribution in [0.4, 0.5) is 24.5 Å². The largest absolute Gasteiger partial charge is 0.739 e. The van der Waals surface area contributed by atoms with Gasteiger partial charge < -0.3 is 25.9 Å². The third-order valence-corrected chi connectivity index (χ3v) is 3.37. The number of aliphatic imine (C=N–C) groups is 1. The summed E-state index contributed by atoms with van der Waals surface area (Å²) in [5, 5.41) is 17.2. The number of hydrogen-bond acceptors (Lipinski definition) is 5. The van der Waals surface area contributed by atoms with E-state index in [4.69, 9.17) is 0 Å². The number of rotatable bonds is 6. The molecular formula is C14H18F3N6O2-. The van der Waals surface area contributed by atoms with Gasteiger partial charge in [0.15, 0.2) is 0 Å². The molecule has 0 atom stereocenters. The molecule has 2 rings (SSSR count). The summed E-state index contributed by atoms with van der Waals surface area (Å²) < 4.78 is 36.1. The molecule has 1 heterocycles. The zero-order chi connectivity index (χ0) is 18.4. The molecule has 0 aliphatic carbocycles. The summed E-state index contributed by atoms with van der Waals surface area (Å²) in [6, 6.07) is 6.92. The molecule has 0 aromatic heterocycles. The highest BCUT2D eigenvalue weighted by Crippen LogP contribution is 2.26. The molecule has 0 saturated carbocycles. The lowest BCUT2D eigenvalue weighted by atomic mass is 10.2. The van der Waals surface area contributed by atoms with Gasteiger partial charge in [-0.1, -0.05) is 12.1 Å². The molecule has 0 unspecified atom stereocenters. The second kappa shape index (κ2) is 8.03. The number of carbonyl (C=O) groups excluding carboxylic acids is 1.